The van der Waals surface area contributed by atoms with Gasteiger partial charge in [0.1, 0.15) is 5.84 Å². The standard InChI is InChI=1S/C17H19N5O3S/c18-16(13-7-2-1-3-8-13)20-17(22-12-6-10-15(22)23)21-26(24,25)14-9-4-5-11-19-14/h1-5,7-9,11,17,21H,6,10,12H2,(H2,18,20). The van der Waals surface area contributed by atoms with Gasteiger partial charge in [0.2, 0.25) is 5.91 Å². The number of amides is 1. The summed E-state index contributed by atoms with van der Waals surface area (Å²) in [5.74, 6) is -0.0395. The predicted molar refractivity (Wildman–Crippen MR) is 96.5 cm³/mol. The van der Waals surface area contributed by atoms with Crippen LogP contribution in [0.2, 0.25) is 0 Å². The predicted octanol–water partition coefficient (Wildman–Crippen LogP) is 0.671. The Morgan fingerprint density at radius 1 is 1.19 bits per heavy atom. The highest BCUT2D eigenvalue weighted by Gasteiger charge is 2.32. The molecule has 0 spiro atoms. The molecule has 3 rings (SSSR count). The maximum atomic E-state index is 12.6. The van der Waals surface area contributed by atoms with E-state index in [1.807, 2.05) is 6.07 Å². The molecule has 9 heteroatoms. The molecule has 1 aromatic heterocycles. The van der Waals surface area contributed by atoms with E-state index >= 15 is 0 Å². The van der Waals surface area contributed by atoms with E-state index in [2.05, 4.69) is 14.7 Å². The smallest absolute Gasteiger partial charge is 0.261 e. The average molecular weight is 373 g/mol. The Labute approximate surface area is 151 Å². The third-order valence-corrected chi connectivity index (χ3v) is 5.22. The summed E-state index contributed by atoms with van der Waals surface area (Å²) in [5, 5.41) is -0.148. The molecule has 3 N–H and O–H groups in total. The van der Waals surface area contributed by atoms with Gasteiger partial charge in [0.15, 0.2) is 11.3 Å². The molecule has 1 aliphatic heterocycles. The quantitative estimate of drug-likeness (QED) is 0.570. The van der Waals surface area contributed by atoms with E-state index in [1.165, 1.54) is 17.2 Å². The summed E-state index contributed by atoms with van der Waals surface area (Å²) in [6.07, 6.45) is 1.24. The van der Waals surface area contributed by atoms with E-state index in [4.69, 9.17) is 5.73 Å². The minimum atomic E-state index is -3.97. The van der Waals surface area contributed by atoms with Crippen LogP contribution in [0.4, 0.5) is 0 Å². The zero-order valence-electron chi connectivity index (χ0n) is 13.9. The van der Waals surface area contributed by atoms with Crippen LogP contribution in [-0.4, -0.2) is 42.9 Å². The first kappa shape index (κ1) is 18.0. The van der Waals surface area contributed by atoms with Gasteiger partial charge in [-0.2, -0.15) is 4.72 Å². The zero-order chi connectivity index (χ0) is 18.6. The maximum absolute atomic E-state index is 12.6. The summed E-state index contributed by atoms with van der Waals surface area (Å²) in [5.41, 5.74) is 6.67. The highest BCUT2D eigenvalue weighted by Crippen LogP contribution is 2.16. The molecule has 1 fully saturated rings. The molecule has 0 aliphatic carbocycles. The Morgan fingerprint density at radius 3 is 2.54 bits per heavy atom. The van der Waals surface area contributed by atoms with Crippen LogP contribution in [0.3, 0.4) is 0 Å². The van der Waals surface area contributed by atoms with Gasteiger partial charge in [0, 0.05) is 24.7 Å². The Morgan fingerprint density at radius 2 is 1.92 bits per heavy atom. The van der Waals surface area contributed by atoms with Crippen molar-refractivity contribution in [2.75, 3.05) is 6.54 Å². The number of carbonyl (C=O) groups is 1. The van der Waals surface area contributed by atoms with E-state index in [0.29, 0.717) is 24.9 Å². The normalized spacial score (nSPS) is 16.7. The van der Waals surface area contributed by atoms with Gasteiger partial charge in [-0.15, -0.1) is 0 Å². The first-order valence-corrected chi connectivity index (χ1v) is 9.57. The number of hydrogen-bond donors (Lipinski definition) is 2. The van der Waals surface area contributed by atoms with Crippen molar-refractivity contribution in [3.05, 3.63) is 60.3 Å². The first-order chi connectivity index (χ1) is 12.5. The summed E-state index contributed by atoms with van der Waals surface area (Å²) in [6.45, 7) is 0.403. The lowest BCUT2D eigenvalue weighted by Gasteiger charge is -2.25. The van der Waals surface area contributed by atoms with Crippen molar-refractivity contribution in [2.45, 2.75) is 24.2 Å². The Balaban J connectivity index is 1.93. The van der Waals surface area contributed by atoms with E-state index in [9.17, 15) is 13.2 Å². The van der Waals surface area contributed by atoms with Crippen LogP contribution >= 0.6 is 0 Å². The summed E-state index contributed by atoms with van der Waals surface area (Å²) >= 11 is 0. The molecule has 2 heterocycles. The second kappa shape index (κ2) is 7.63. The molecule has 26 heavy (non-hydrogen) atoms. The van der Waals surface area contributed by atoms with Crippen molar-refractivity contribution in [1.82, 2.24) is 14.6 Å². The zero-order valence-corrected chi connectivity index (χ0v) is 14.8. The van der Waals surface area contributed by atoms with Crippen molar-refractivity contribution in [3.8, 4) is 0 Å². The van der Waals surface area contributed by atoms with Crippen molar-refractivity contribution in [1.29, 1.82) is 0 Å². The lowest BCUT2D eigenvalue weighted by Crippen LogP contribution is -2.48. The van der Waals surface area contributed by atoms with E-state index in [1.54, 1.807) is 36.4 Å². The van der Waals surface area contributed by atoms with Crippen LogP contribution < -0.4 is 10.5 Å². The number of hydrogen-bond acceptors (Lipinski definition) is 5. The third kappa shape index (κ3) is 4.06. The number of aromatic nitrogens is 1. The summed E-state index contributed by atoms with van der Waals surface area (Å²) in [6, 6.07) is 13.5. The fraction of sp³-hybridized carbons (Fsp3) is 0.235. The lowest BCUT2D eigenvalue weighted by atomic mass is 10.2. The molecule has 0 radical (unpaired) electrons. The van der Waals surface area contributed by atoms with Gasteiger partial charge in [-0.05, 0) is 18.6 Å². The van der Waals surface area contributed by atoms with Gasteiger partial charge in [-0.1, -0.05) is 36.4 Å². The Kier molecular flexibility index (Phi) is 5.29. The molecular formula is C17H19N5O3S. The molecule has 136 valence electrons. The van der Waals surface area contributed by atoms with Crippen molar-refractivity contribution in [2.24, 2.45) is 10.7 Å². The largest absolute Gasteiger partial charge is 0.383 e. The number of nitrogens with one attached hydrogen (secondary N) is 1. The van der Waals surface area contributed by atoms with Gasteiger partial charge >= 0.3 is 0 Å². The van der Waals surface area contributed by atoms with Gasteiger partial charge in [0.25, 0.3) is 10.0 Å². The SMILES string of the molecule is NC(=NC(NS(=O)(=O)c1ccccn1)N1CCCC1=O)c1ccccc1. The number of benzene rings is 1. The van der Waals surface area contributed by atoms with Crippen LogP contribution in [0.1, 0.15) is 18.4 Å². The number of pyridine rings is 1. The van der Waals surface area contributed by atoms with Gasteiger partial charge in [-0.3, -0.25) is 4.79 Å². The number of aliphatic imine (C=N–C) groups is 1. The van der Waals surface area contributed by atoms with Gasteiger partial charge < -0.3 is 10.6 Å². The highest BCUT2D eigenvalue weighted by molar-refractivity contribution is 7.89. The molecule has 0 bridgehead atoms. The molecule has 1 atom stereocenters. The monoisotopic (exact) mass is 373 g/mol. The molecule has 1 saturated heterocycles. The second-order valence-electron chi connectivity index (χ2n) is 5.73. The topological polar surface area (TPSA) is 118 Å². The Bertz CT molecular complexity index is 901. The number of amidine groups is 1. The van der Waals surface area contributed by atoms with Crippen molar-refractivity contribution < 1.29 is 13.2 Å². The molecule has 1 unspecified atom stereocenters. The summed E-state index contributed by atoms with van der Waals surface area (Å²) in [4.78, 5) is 21.6. The molecule has 0 saturated carbocycles. The molecule has 1 aliphatic rings. The molecule has 1 aromatic carbocycles. The van der Waals surface area contributed by atoms with Gasteiger partial charge in [0.05, 0.1) is 0 Å². The van der Waals surface area contributed by atoms with Crippen LogP contribution in [-0.2, 0) is 14.8 Å². The maximum Gasteiger partial charge on any atom is 0.261 e. The highest BCUT2D eigenvalue weighted by atomic mass is 32.2. The van der Waals surface area contributed by atoms with E-state index in [0.717, 1.165) is 0 Å². The number of carbonyl (C=O) groups excluding carboxylic acids is 1. The van der Waals surface area contributed by atoms with Crippen molar-refractivity contribution >= 4 is 21.8 Å². The number of nitrogens with zero attached hydrogens (tertiary/aromatic N) is 3. The molecular weight excluding hydrogens is 354 g/mol. The second-order valence-corrected chi connectivity index (χ2v) is 7.39. The van der Waals surface area contributed by atoms with E-state index < -0.39 is 16.3 Å². The average Bonchev–Trinajstić information content (AvgIpc) is 3.08. The lowest BCUT2D eigenvalue weighted by molar-refractivity contribution is -0.129. The van der Waals surface area contributed by atoms with Gasteiger partial charge in [-0.25, -0.2) is 18.4 Å². The fourth-order valence-corrected chi connectivity index (χ4v) is 3.64. The van der Waals surface area contributed by atoms with Crippen LogP contribution in [0.25, 0.3) is 0 Å². The summed E-state index contributed by atoms with van der Waals surface area (Å²) in [7, 11) is -3.97. The summed E-state index contributed by atoms with van der Waals surface area (Å²) < 4.78 is 27.6. The number of nitrogens with two attached hydrogens (primary N) is 1. The number of sulfonamides is 1. The first-order valence-electron chi connectivity index (χ1n) is 8.09. The fourth-order valence-electron chi connectivity index (χ4n) is 2.61. The molecule has 2 aromatic rings. The molecule has 1 amide bonds. The third-order valence-electron chi connectivity index (χ3n) is 3.91. The minimum absolute atomic E-state index is 0.138. The van der Waals surface area contributed by atoms with Crippen LogP contribution in [0, 0.1) is 0 Å². The molecule has 8 nitrogen and oxygen atoms in total. The van der Waals surface area contributed by atoms with E-state index in [-0.39, 0.29) is 16.8 Å². The number of likely N-dealkylation sites (tertiary alicyclic amines) is 1. The van der Waals surface area contributed by atoms with Crippen LogP contribution in [0.15, 0.2) is 64.7 Å². The minimum Gasteiger partial charge on any atom is -0.383 e. The Hall–Kier alpha value is -2.78. The van der Waals surface area contributed by atoms with Crippen LogP contribution in [0.5, 0.6) is 0 Å². The number of rotatable bonds is 6. The van der Waals surface area contributed by atoms with Crippen molar-refractivity contribution in [3.63, 3.8) is 0 Å².